The topological polar surface area (TPSA) is 43.0 Å². The fourth-order valence-corrected chi connectivity index (χ4v) is 2.21. The smallest absolute Gasteiger partial charge is 0.169 e. The van der Waals surface area contributed by atoms with Gasteiger partial charge in [0.05, 0.1) is 5.69 Å². The van der Waals surface area contributed by atoms with E-state index in [0.29, 0.717) is 5.76 Å². The van der Waals surface area contributed by atoms with Crippen molar-refractivity contribution in [2.24, 2.45) is 7.05 Å². The highest BCUT2D eigenvalue weighted by molar-refractivity contribution is 5.78. The van der Waals surface area contributed by atoms with Crippen molar-refractivity contribution in [3.63, 3.8) is 0 Å². The number of nitrogens with zero attached hydrogens (tertiary/aromatic N) is 2. The van der Waals surface area contributed by atoms with Gasteiger partial charge in [0.1, 0.15) is 11.8 Å². The molecule has 0 amide bonds. The number of aromatic nitrogens is 2. The summed E-state index contributed by atoms with van der Waals surface area (Å²) in [6, 6.07) is 8.46. The minimum absolute atomic E-state index is 0.187. The zero-order valence-corrected chi connectivity index (χ0v) is 10.7. The van der Waals surface area contributed by atoms with Crippen molar-refractivity contribution in [3.8, 4) is 0 Å². The van der Waals surface area contributed by atoms with Crippen molar-refractivity contribution >= 4 is 11.0 Å². The van der Waals surface area contributed by atoms with Gasteiger partial charge in [0.2, 0.25) is 0 Å². The van der Waals surface area contributed by atoms with Gasteiger partial charge in [0.25, 0.3) is 0 Å². The summed E-state index contributed by atoms with van der Waals surface area (Å²) in [5.41, 5.74) is 1.12. The standard InChI is InChI=1S/C14H14FN3O/c1-16-13(11-6-7-18(2)17-11)12-8-9-4-3-5-10(15)14(9)19-12/h3-8,13,16H,1-2H3. The molecule has 0 spiro atoms. The first-order chi connectivity index (χ1) is 9.19. The normalized spacial score (nSPS) is 13.0. The molecule has 1 atom stereocenters. The van der Waals surface area contributed by atoms with Crippen LogP contribution in [0, 0.1) is 5.82 Å². The summed E-state index contributed by atoms with van der Waals surface area (Å²) in [6.45, 7) is 0. The Bertz CT molecular complexity index is 716. The van der Waals surface area contributed by atoms with Gasteiger partial charge >= 0.3 is 0 Å². The Labute approximate surface area is 109 Å². The first-order valence-electron chi connectivity index (χ1n) is 6.04. The van der Waals surface area contributed by atoms with Crippen LogP contribution < -0.4 is 5.32 Å². The third kappa shape index (κ3) is 2.02. The quantitative estimate of drug-likeness (QED) is 0.786. The van der Waals surface area contributed by atoms with Gasteiger partial charge in [-0.3, -0.25) is 4.68 Å². The third-order valence-corrected chi connectivity index (χ3v) is 3.12. The summed E-state index contributed by atoms with van der Waals surface area (Å²) in [4.78, 5) is 0. The van der Waals surface area contributed by atoms with E-state index in [4.69, 9.17) is 4.42 Å². The zero-order valence-electron chi connectivity index (χ0n) is 10.7. The summed E-state index contributed by atoms with van der Waals surface area (Å²) in [5.74, 6) is 0.306. The molecule has 1 unspecified atom stereocenters. The van der Waals surface area contributed by atoms with Gasteiger partial charge in [-0.2, -0.15) is 5.10 Å². The Hall–Kier alpha value is -2.14. The zero-order chi connectivity index (χ0) is 13.4. The van der Waals surface area contributed by atoms with E-state index in [0.717, 1.165) is 11.1 Å². The molecule has 0 aliphatic carbocycles. The Morgan fingerprint density at radius 2 is 2.21 bits per heavy atom. The number of fused-ring (bicyclic) bond motifs is 1. The Morgan fingerprint density at radius 1 is 1.37 bits per heavy atom. The average Bonchev–Trinajstić information content (AvgIpc) is 2.98. The fourth-order valence-electron chi connectivity index (χ4n) is 2.21. The van der Waals surface area contributed by atoms with E-state index in [1.54, 1.807) is 10.7 Å². The summed E-state index contributed by atoms with van der Waals surface area (Å²) in [7, 11) is 3.68. The van der Waals surface area contributed by atoms with Crippen molar-refractivity contribution in [2.75, 3.05) is 7.05 Å². The predicted molar refractivity (Wildman–Crippen MR) is 70.3 cm³/mol. The minimum Gasteiger partial charge on any atom is -0.456 e. The van der Waals surface area contributed by atoms with Gasteiger partial charge in [0, 0.05) is 18.6 Å². The lowest BCUT2D eigenvalue weighted by Gasteiger charge is -2.10. The van der Waals surface area contributed by atoms with Crippen LogP contribution in [0.4, 0.5) is 4.39 Å². The second-order valence-electron chi connectivity index (χ2n) is 4.44. The van der Waals surface area contributed by atoms with E-state index < -0.39 is 0 Å². The molecule has 0 fully saturated rings. The molecule has 0 bridgehead atoms. The second-order valence-corrected chi connectivity index (χ2v) is 4.44. The Morgan fingerprint density at radius 3 is 2.84 bits per heavy atom. The number of hydrogen-bond acceptors (Lipinski definition) is 3. The molecular weight excluding hydrogens is 245 g/mol. The van der Waals surface area contributed by atoms with Crippen molar-refractivity contribution in [2.45, 2.75) is 6.04 Å². The number of furan rings is 1. The monoisotopic (exact) mass is 259 g/mol. The third-order valence-electron chi connectivity index (χ3n) is 3.12. The van der Waals surface area contributed by atoms with E-state index in [2.05, 4.69) is 10.4 Å². The van der Waals surface area contributed by atoms with Crippen LogP contribution in [0.1, 0.15) is 17.5 Å². The van der Waals surface area contributed by atoms with Crippen LogP contribution in [0.2, 0.25) is 0 Å². The van der Waals surface area contributed by atoms with Crippen molar-refractivity contribution in [1.82, 2.24) is 15.1 Å². The summed E-state index contributed by atoms with van der Waals surface area (Å²) < 4.78 is 21.0. The van der Waals surface area contributed by atoms with Crippen LogP contribution in [0.5, 0.6) is 0 Å². The van der Waals surface area contributed by atoms with E-state index in [1.165, 1.54) is 6.07 Å². The first kappa shape index (κ1) is 11.9. The van der Waals surface area contributed by atoms with E-state index >= 15 is 0 Å². The summed E-state index contributed by atoms with van der Waals surface area (Å²) in [5, 5.41) is 8.24. The molecular formula is C14H14FN3O. The van der Waals surface area contributed by atoms with Gasteiger partial charge in [0.15, 0.2) is 11.4 Å². The van der Waals surface area contributed by atoms with Gasteiger partial charge < -0.3 is 9.73 Å². The molecule has 0 radical (unpaired) electrons. The predicted octanol–water partition coefficient (Wildman–Crippen LogP) is 2.61. The molecule has 2 heterocycles. The Balaban J connectivity index is 2.09. The largest absolute Gasteiger partial charge is 0.456 e. The molecule has 3 rings (SSSR count). The molecule has 5 heteroatoms. The molecule has 19 heavy (non-hydrogen) atoms. The highest BCUT2D eigenvalue weighted by atomic mass is 19.1. The lowest BCUT2D eigenvalue weighted by molar-refractivity contribution is 0.469. The van der Waals surface area contributed by atoms with Crippen LogP contribution >= 0.6 is 0 Å². The molecule has 3 aromatic rings. The van der Waals surface area contributed by atoms with Crippen molar-refractivity contribution in [3.05, 3.63) is 53.8 Å². The molecule has 0 saturated carbocycles. The maximum absolute atomic E-state index is 13.6. The summed E-state index contributed by atoms with van der Waals surface area (Å²) in [6.07, 6.45) is 1.86. The van der Waals surface area contributed by atoms with Crippen molar-refractivity contribution in [1.29, 1.82) is 0 Å². The molecule has 2 aromatic heterocycles. The molecule has 0 aliphatic rings. The molecule has 1 aromatic carbocycles. The van der Waals surface area contributed by atoms with E-state index in [9.17, 15) is 4.39 Å². The number of hydrogen-bond donors (Lipinski definition) is 1. The van der Waals surface area contributed by atoms with Crippen LogP contribution in [-0.4, -0.2) is 16.8 Å². The lowest BCUT2D eigenvalue weighted by Crippen LogP contribution is -2.17. The maximum atomic E-state index is 13.6. The number of halogens is 1. The lowest BCUT2D eigenvalue weighted by atomic mass is 10.1. The number of aryl methyl sites for hydroxylation is 1. The van der Waals surface area contributed by atoms with E-state index in [1.807, 2.05) is 38.5 Å². The van der Waals surface area contributed by atoms with Crippen LogP contribution in [0.3, 0.4) is 0 Å². The number of rotatable bonds is 3. The molecule has 0 aliphatic heterocycles. The van der Waals surface area contributed by atoms with Crippen LogP contribution in [0.15, 0.2) is 40.9 Å². The van der Waals surface area contributed by atoms with Gasteiger partial charge in [-0.15, -0.1) is 0 Å². The molecule has 4 nitrogen and oxygen atoms in total. The average molecular weight is 259 g/mol. The number of para-hydroxylation sites is 1. The summed E-state index contributed by atoms with van der Waals surface area (Å²) >= 11 is 0. The first-order valence-corrected chi connectivity index (χ1v) is 6.04. The molecule has 98 valence electrons. The van der Waals surface area contributed by atoms with Gasteiger partial charge in [-0.25, -0.2) is 4.39 Å². The highest BCUT2D eigenvalue weighted by Crippen LogP contribution is 2.28. The van der Waals surface area contributed by atoms with Crippen molar-refractivity contribution < 1.29 is 8.81 Å². The molecule has 0 saturated heterocycles. The Kier molecular flexibility index (Phi) is 2.83. The van der Waals surface area contributed by atoms with Gasteiger partial charge in [-0.05, 0) is 25.2 Å². The SMILES string of the molecule is CNC(c1ccn(C)n1)c1cc2cccc(F)c2o1. The minimum atomic E-state index is -0.348. The van der Waals surface area contributed by atoms with Crippen LogP contribution in [0.25, 0.3) is 11.0 Å². The van der Waals surface area contributed by atoms with Crippen LogP contribution in [-0.2, 0) is 7.05 Å². The maximum Gasteiger partial charge on any atom is 0.169 e. The molecule has 1 N–H and O–H groups in total. The van der Waals surface area contributed by atoms with E-state index in [-0.39, 0.29) is 17.4 Å². The fraction of sp³-hybridized carbons (Fsp3) is 0.214. The second kappa shape index (κ2) is 4.51. The number of benzene rings is 1. The number of nitrogens with one attached hydrogen (secondary N) is 1. The van der Waals surface area contributed by atoms with Gasteiger partial charge in [-0.1, -0.05) is 12.1 Å². The highest BCUT2D eigenvalue weighted by Gasteiger charge is 2.20.